The fourth-order valence-corrected chi connectivity index (χ4v) is 1.54. The molecular formula is C10H21NO. The van der Waals surface area contributed by atoms with Gasteiger partial charge in [-0.05, 0) is 38.5 Å². The second-order valence-electron chi connectivity index (χ2n) is 4.46. The number of hydrogen-bond acceptors (Lipinski definition) is 2. The lowest BCUT2D eigenvalue weighted by Gasteiger charge is -2.24. The Hall–Kier alpha value is -0.0800. The van der Waals surface area contributed by atoms with Crippen LogP contribution in [0.1, 0.15) is 40.0 Å². The summed E-state index contributed by atoms with van der Waals surface area (Å²) in [4.78, 5) is 0. The predicted octanol–water partition coefficient (Wildman–Crippen LogP) is 1.54. The predicted molar refractivity (Wildman–Crippen MR) is 51.1 cm³/mol. The van der Waals surface area contributed by atoms with E-state index in [1.807, 2.05) is 0 Å². The molecule has 1 saturated carbocycles. The Balaban J connectivity index is 2.21. The summed E-state index contributed by atoms with van der Waals surface area (Å²) in [6.07, 6.45) is 3.57. The molecule has 0 aromatic heterocycles. The maximum Gasteiger partial charge on any atom is 0.0445 e. The van der Waals surface area contributed by atoms with Gasteiger partial charge in [0.15, 0.2) is 0 Å². The molecule has 0 amide bonds. The molecule has 2 N–H and O–H groups in total. The van der Waals surface area contributed by atoms with Gasteiger partial charge in [0.1, 0.15) is 0 Å². The normalized spacial score (nSPS) is 25.0. The van der Waals surface area contributed by atoms with Gasteiger partial charge in [0.05, 0.1) is 0 Å². The minimum absolute atomic E-state index is 0.289. The van der Waals surface area contributed by atoms with Gasteiger partial charge < -0.3 is 10.4 Å². The van der Waals surface area contributed by atoms with E-state index in [1.165, 1.54) is 12.8 Å². The number of nitrogens with one attached hydrogen (secondary N) is 1. The summed E-state index contributed by atoms with van der Waals surface area (Å²) in [5, 5.41) is 12.3. The van der Waals surface area contributed by atoms with E-state index in [9.17, 15) is 0 Å². The molecule has 0 heterocycles. The van der Waals surface area contributed by atoms with Crippen LogP contribution in [0.3, 0.4) is 0 Å². The van der Waals surface area contributed by atoms with Crippen molar-refractivity contribution < 1.29 is 5.11 Å². The van der Waals surface area contributed by atoms with Crippen LogP contribution in [0.5, 0.6) is 0 Å². The van der Waals surface area contributed by atoms with Gasteiger partial charge in [-0.2, -0.15) is 0 Å². The van der Waals surface area contributed by atoms with Crippen LogP contribution >= 0.6 is 0 Å². The quantitative estimate of drug-likeness (QED) is 0.657. The molecule has 0 bridgehead atoms. The highest BCUT2D eigenvalue weighted by Gasteiger charge is 2.42. The van der Waals surface area contributed by atoms with E-state index in [2.05, 4.69) is 26.1 Å². The molecule has 2 nitrogen and oxygen atoms in total. The lowest BCUT2D eigenvalue weighted by Crippen LogP contribution is -2.39. The van der Waals surface area contributed by atoms with Gasteiger partial charge in [0, 0.05) is 18.7 Å². The van der Waals surface area contributed by atoms with Gasteiger partial charge in [-0.15, -0.1) is 0 Å². The Kier molecular flexibility index (Phi) is 3.13. The second-order valence-corrected chi connectivity index (χ2v) is 4.46. The number of hydrogen-bond donors (Lipinski definition) is 2. The average Bonchev–Trinajstić information content (AvgIpc) is 2.69. The van der Waals surface area contributed by atoms with Crippen LogP contribution in [-0.4, -0.2) is 23.8 Å². The van der Waals surface area contributed by atoms with Crippen LogP contribution < -0.4 is 5.32 Å². The van der Waals surface area contributed by atoms with Crippen molar-refractivity contribution in [2.24, 2.45) is 5.41 Å². The maximum atomic E-state index is 8.73. The Labute approximate surface area is 75.4 Å². The van der Waals surface area contributed by atoms with Crippen molar-refractivity contribution >= 4 is 0 Å². The van der Waals surface area contributed by atoms with Gasteiger partial charge >= 0.3 is 0 Å². The smallest absolute Gasteiger partial charge is 0.0445 e. The van der Waals surface area contributed by atoms with Crippen LogP contribution in [0.25, 0.3) is 0 Å². The third-order valence-corrected chi connectivity index (χ3v) is 3.18. The molecule has 2 atom stereocenters. The van der Waals surface area contributed by atoms with Gasteiger partial charge in [0.25, 0.3) is 0 Å². The maximum absolute atomic E-state index is 8.73. The summed E-state index contributed by atoms with van der Waals surface area (Å²) in [6.45, 7) is 7.01. The molecule has 1 aliphatic rings. The van der Waals surface area contributed by atoms with Crippen LogP contribution in [0.4, 0.5) is 0 Å². The lowest BCUT2D eigenvalue weighted by molar-refractivity contribution is 0.252. The van der Waals surface area contributed by atoms with Crippen LogP contribution in [0.15, 0.2) is 0 Å². The van der Waals surface area contributed by atoms with Gasteiger partial charge in [-0.3, -0.25) is 0 Å². The zero-order valence-electron chi connectivity index (χ0n) is 8.43. The van der Waals surface area contributed by atoms with Crippen molar-refractivity contribution in [1.82, 2.24) is 5.32 Å². The molecule has 0 aromatic carbocycles. The Morgan fingerprint density at radius 3 is 2.42 bits per heavy atom. The molecule has 0 spiro atoms. The van der Waals surface area contributed by atoms with Crippen molar-refractivity contribution in [3.8, 4) is 0 Å². The first kappa shape index (κ1) is 10.0. The van der Waals surface area contributed by atoms with E-state index < -0.39 is 0 Å². The van der Waals surface area contributed by atoms with Gasteiger partial charge in [-0.25, -0.2) is 0 Å². The van der Waals surface area contributed by atoms with Crippen LogP contribution in [0, 0.1) is 5.41 Å². The first-order valence-electron chi connectivity index (χ1n) is 4.95. The lowest BCUT2D eigenvalue weighted by atomic mass is 10.00. The monoisotopic (exact) mass is 171 g/mol. The van der Waals surface area contributed by atoms with Gasteiger partial charge in [0.2, 0.25) is 0 Å². The van der Waals surface area contributed by atoms with Gasteiger partial charge in [-0.1, -0.05) is 6.92 Å². The molecule has 1 rings (SSSR count). The van der Waals surface area contributed by atoms with Crippen molar-refractivity contribution in [3.05, 3.63) is 0 Å². The third-order valence-electron chi connectivity index (χ3n) is 3.18. The van der Waals surface area contributed by atoms with E-state index in [4.69, 9.17) is 5.11 Å². The fourth-order valence-electron chi connectivity index (χ4n) is 1.54. The zero-order valence-corrected chi connectivity index (χ0v) is 8.43. The van der Waals surface area contributed by atoms with Crippen LogP contribution in [0.2, 0.25) is 0 Å². The molecule has 0 radical (unpaired) electrons. The zero-order chi connectivity index (χ0) is 9.19. The van der Waals surface area contributed by atoms with E-state index in [1.54, 1.807) is 0 Å². The Morgan fingerprint density at radius 2 is 2.00 bits per heavy atom. The van der Waals surface area contributed by atoms with Crippen molar-refractivity contribution in [1.29, 1.82) is 0 Å². The third kappa shape index (κ3) is 2.46. The topological polar surface area (TPSA) is 32.3 Å². The molecule has 12 heavy (non-hydrogen) atoms. The summed E-state index contributed by atoms with van der Waals surface area (Å²) >= 11 is 0. The largest absolute Gasteiger partial charge is 0.396 e. The first-order valence-corrected chi connectivity index (χ1v) is 4.95. The molecule has 2 heteroatoms. The number of rotatable bonds is 5. The number of aliphatic hydroxyl groups is 1. The first-order chi connectivity index (χ1) is 5.58. The summed E-state index contributed by atoms with van der Waals surface area (Å²) in [6, 6.07) is 1.04. The minimum Gasteiger partial charge on any atom is -0.396 e. The van der Waals surface area contributed by atoms with Crippen molar-refractivity contribution in [2.45, 2.75) is 52.1 Å². The SMILES string of the molecule is CC(N[C@H](C)CCO)C1(C)CC1. The van der Waals surface area contributed by atoms with E-state index in [-0.39, 0.29) is 6.61 Å². The highest BCUT2D eigenvalue weighted by Crippen LogP contribution is 2.48. The Morgan fingerprint density at radius 1 is 1.42 bits per heavy atom. The highest BCUT2D eigenvalue weighted by molar-refractivity contribution is 4.97. The molecule has 0 aromatic rings. The molecule has 1 fully saturated rings. The van der Waals surface area contributed by atoms with E-state index in [0.29, 0.717) is 17.5 Å². The van der Waals surface area contributed by atoms with Crippen molar-refractivity contribution in [2.75, 3.05) is 6.61 Å². The Bertz CT molecular complexity index is 143. The highest BCUT2D eigenvalue weighted by atomic mass is 16.3. The summed E-state index contributed by atoms with van der Waals surface area (Å²) in [5.41, 5.74) is 0.545. The second kappa shape index (κ2) is 3.75. The van der Waals surface area contributed by atoms with E-state index in [0.717, 1.165) is 6.42 Å². The molecular weight excluding hydrogens is 150 g/mol. The average molecular weight is 171 g/mol. The van der Waals surface area contributed by atoms with Crippen LogP contribution in [-0.2, 0) is 0 Å². The molecule has 0 saturated heterocycles. The van der Waals surface area contributed by atoms with E-state index >= 15 is 0 Å². The fraction of sp³-hybridized carbons (Fsp3) is 1.00. The summed E-state index contributed by atoms with van der Waals surface area (Å²) in [5.74, 6) is 0. The van der Waals surface area contributed by atoms with Crippen molar-refractivity contribution in [3.63, 3.8) is 0 Å². The molecule has 0 aliphatic heterocycles. The molecule has 1 aliphatic carbocycles. The molecule has 72 valence electrons. The number of aliphatic hydroxyl groups excluding tert-OH is 1. The summed E-state index contributed by atoms with van der Waals surface area (Å²) < 4.78 is 0. The minimum atomic E-state index is 0.289. The summed E-state index contributed by atoms with van der Waals surface area (Å²) in [7, 11) is 0. The molecule has 1 unspecified atom stereocenters. The standard InChI is InChI=1S/C10H21NO/c1-8(4-7-12)11-9(2)10(3)5-6-10/h8-9,11-12H,4-7H2,1-3H3/t8-,9?/m1/s1.